The number of hydrogen-bond donors (Lipinski definition) is 0. The smallest absolute Gasteiger partial charge is 0.282 e. The zero-order chi connectivity index (χ0) is 28.8. The number of nitro benzene ring substituents is 1. The molecule has 0 aliphatic rings. The number of para-hydroxylation sites is 1. The Hall–Kier alpha value is -5.57. The van der Waals surface area contributed by atoms with E-state index in [1.807, 2.05) is 42.5 Å². The van der Waals surface area contributed by atoms with Gasteiger partial charge in [0.1, 0.15) is 6.61 Å². The first-order chi connectivity index (χ1) is 20.0. The van der Waals surface area contributed by atoms with Crippen molar-refractivity contribution in [3.8, 4) is 22.9 Å². The summed E-state index contributed by atoms with van der Waals surface area (Å²) in [5.74, 6) is 1.42. The van der Waals surface area contributed by atoms with Crippen molar-refractivity contribution in [1.82, 2.24) is 9.66 Å². The van der Waals surface area contributed by atoms with Gasteiger partial charge in [0.25, 0.3) is 11.2 Å². The SMILES string of the molecule is C=CCc1cc(C=Nn2c(-c3ccccc3)nc3ccccc3c2=O)cc(OC)c1OCc1ccc([N+](=O)[O-])cc1. The van der Waals surface area contributed by atoms with Crippen molar-refractivity contribution in [2.24, 2.45) is 5.10 Å². The van der Waals surface area contributed by atoms with Gasteiger partial charge in [0.2, 0.25) is 0 Å². The molecule has 204 valence electrons. The number of aromatic nitrogens is 2. The fourth-order valence-electron chi connectivity index (χ4n) is 4.38. The van der Waals surface area contributed by atoms with Crippen LogP contribution < -0.4 is 15.0 Å². The number of nitro groups is 1. The molecule has 0 spiro atoms. The molecule has 0 atom stereocenters. The van der Waals surface area contributed by atoms with Crippen LogP contribution in [0.2, 0.25) is 0 Å². The minimum absolute atomic E-state index is 0.0125. The third kappa shape index (κ3) is 5.89. The van der Waals surface area contributed by atoms with Gasteiger partial charge in [-0.1, -0.05) is 48.5 Å². The van der Waals surface area contributed by atoms with Crippen molar-refractivity contribution in [2.45, 2.75) is 13.0 Å². The van der Waals surface area contributed by atoms with Gasteiger partial charge in [0, 0.05) is 23.3 Å². The fraction of sp³-hybridized carbons (Fsp3) is 0.0938. The quantitative estimate of drug-likeness (QED) is 0.0897. The molecule has 0 aliphatic carbocycles. The Morgan fingerprint density at radius 2 is 1.76 bits per heavy atom. The number of rotatable bonds is 10. The molecule has 0 fully saturated rings. The maximum Gasteiger partial charge on any atom is 0.282 e. The highest BCUT2D eigenvalue weighted by Gasteiger charge is 2.15. The van der Waals surface area contributed by atoms with Crippen molar-refractivity contribution in [1.29, 1.82) is 0 Å². The lowest BCUT2D eigenvalue weighted by Gasteiger charge is -2.16. The molecule has 0 unspecified atom stereocenters. The Morgan fingerprint density at radius 1 is 1.02 bits per heavy atom. The largest absolute Gasteiger partial charge is 0.493 e. The second-order valence-electron chi connectivity index (χ2n) is 9.10. The lowest BCUT2D eigenvalue weighted by atomic mass is 10.1. The summed E-state index contributed by atoms with van der Waals surface area (Å²) in [6.45, 7) is 4.04. The summed E-state index contributed by atoms with van der Waals surface area (Å²) in [4.78, 5) is 28.7. The number of fused-ring (bicyclic) bond motifs is 1. The van der Waals surface area contributed by atoms with Crippen LogP contribution in [0.4, 0.5) is 5.69 Å². The zero-order valence-electron chi connectivity index (χ0n) is 22.3. The van der Waals surface area contributed by atoms with Gasteiger partial charge in [-0.3, -0.25) is 14.9 Å². The highest BCUT2D eigenvalue weighted by molar-refractivity contribution is 5.83. The Bertz CT molecular complexity index is 1810. The Morgan fingerprint density at radius 3 is 2.46 bits per heavy atom. The van der Waals surface area contributed by atoms with Gasteiger partial charge in [0.05, 0.1) is 29.2 Å². The number of allylic oxidation sites excluding steroid dienone is 1. The minimum atomic E-state index is -0.443. The number of nitrogens with zero attached hydrogens (tertiary/aromatic N) is 4. The standard InChI is InChI=1S/C32H26N4O5/c1-3-9-25-18-23(19-29(40-2)30(25)41-21-22-14-16-26(17-15-22)36(38)39)20-33-35-31(24-10-5-4-6-11-24)34-28-13-8-7-12-27(28)32(35)37/h3-8,10-20H,1,9,21H2,2H3. The second kappa shape index (κ2) is 12.1. The maximum absolute atomic E-state index is 13.5. The lowest BCUT2D eigenvalue weighted by molar-refractivity contribution is -0.384. The molecule has 9 nitrogen and oxygen atoms in total. The van der Waals surface area contributed by atoms with E-state index in [0.29, 0.717) is 40.2 Å². The summed E-state index contributed by atoms with van der Waals surface area (Å²) in [6, 6.07) is 26.4. The van der Waals surface area contributed by atoms with Gasteiger partial charge >= 0.3 is 0 Å². The van der Waals surface area contributed by atoms with Crippen molar-refractivity contribution >= 4 is 22.8 Å². The molecule has 0 saturated carbocycles. The van der Waals surface area contributed by atoms with E-state index in [2.05, 4.69) is 11.7 Å². The molecule has 0 aliphatic heterocycles. The van der Waals surface area contributed by atoms with Gasteiger partial charge < -0.3 is 9.47 Å². The van der Waals surface area contributed by atoms with Crippen molar-refractivity contribution < 1.29 is 14.4 Å². The van der Waals surface area contributed by atoms with E-state index in [1.165, 1.54) is 23.9 Å². The number of non-ortho nitro benzene ring substituents is 1. The van der Waals surface area contributed by atoms with Gasteiger partial charge in [-0.2, -0.15) is 9.78 Å². The van der Waals surface area contributed by atoms with Crippen LogP contribution in [0.25, 0.3) is 22.3 Å². The summed E-state index contributed by atoms with van der Waals surface area (Å²) in [5, 5.41) is 16.0. The molecule has 0 saturated heterocycles. The summed E-state index contributed by atoms with van der Waals surface area (Å²) in [5.41, 5.74) is 3.32. The van der Waals surface area contributed by atoms with Crippen molar-refractivity contribution in [3.05, 3.63) is 141 Å². The third-order valence-electron chi connectivity index (χ3n) is 6.38. The van der Waals surface area contributed by atoms with E-state index in [1.54, 1.807) is 48.7 Å². The monoisotopic (exact) mass is 546 g/mol. The van der Waals surface area contributed by atoms with E-state index in [0.717, 1.165) is 16.7 Å². The van der Waals surface area contributed by atoms with Crippen LogP contribution in [0, 0.1) is 10.1 Å². The molecule has 0 N–H and O–H groups in total. The number of ether oxygens (including phenoxy) is 2. The van der Waals surface area contributed by atoms with E-state index in [4.69, 9.17) is 14.5 Å². The number of methoxy groups -OCH3 is 1. The molecule has 9 heteroatoms. The molecule has 41 heavy (non-hydrogen) atoms. The lowest BCUT2D eigenvalue weighted by Crippen LogP contribution is -2.20. The predicted octanol–water partition coefficient (Wildman–Crippen LogP) is 6.17. The van der Waals surface area contributed by atoms with Gasteiger partial charge in [0.15, 0.2) is 17.3 Å². The maximum atomic E-state index is 13.5. The van der Waals surface area contributed by atoms with E-state index >= 15 is 0 Å². The predicted molar refractivity (Wildman–Crippen MR) is 159 cm³/mol. The summed E-state index contributed by atoms with van der Waals surface area (Å²) >= 11 is 0. The first kappa shape index (κ1) is 27.0. The third-order valence-corrected chi connectivity index (χ3v) is 6.38. The van der Waals surface area contributed by atoms with Crippen LogP contribution in [0.15, 0.2) is 114 Å². The van der Waals surface area contributed by atoms with Crippen molar-refractivity contribution in [3.63, 3.8) is 0 Å². The van der Waals surface area contributed by atoms with Crippen LogP contribution >= 0.6 is 0 Å². The van der Waals surface area contributed by atoms with Crippen LogP contribution in [0.5, 0.6) is 11.5 Å². The van der Waals surface area contributed by atoms with E-state index in [-0.39, 0.29) is 17.9 Å². The Kier molecular flexibility index (Phi) is 7.96. The van der Waals surface area contributed by atoms with Gasteiger partial charge in [-0.15, -0.1) is 6.58 Å². The Labute approximate surface area is 235 Å². The molecule has 1 heterocycles. The highest BCUT2D eigenvalue weighted by atomic mass is 16.6. The summed E-state index contributed by atoms with van der Waals surface area (Å²) in [6.07, 6.45) is 3.82. The van der Waals surface area contributed by atoms with E-state index < -0.39 is 4.92 Å². The molecule has 5 rings (SSSR count). The minimum Gasteiger partial charge on any atom is -0.493 e. The summed E-state index contributed by atoms with van der Waals surface area (Å²) < 4.78 is 13.1. The molecular formula is C32H26N4O5. The van der Waals surface area contributed by atoms with Crippen LogP contribution in [-0.4, -0.2) is 27.9 Å². The molecule has 0 radical (unpaired) electrons. The van der Waals surface area contributed by atoms with E-state index in [9.17, 15) is 14.9 Å². The highest BCUT2D eigenvalue weighted by Crippen LogP contribution is 2.34. The molecule has 1 aromatic heterocycles. The van der Waals surface area contributed by atoms with Gasteiger partial charge in [-0.05, 0) is 53.9 Å². The molecule has 0 amide bonds. The normalized spacial score (nSPS) is 11.0. The van der Waals surface area contributed by atoms with Gasteiger partial charge in [-0.25, -0.2) is 4.98 Å². The summed E-state index contributed by atoms with van der Waals surface area (Å²) in [7, 11) is 1.54. The average molecular weight is 547 g/mol. The molecule has 4 aromatic carbocycles. The van der Waals surface area contributed by atoms with Crippen molar-refractivity contribution in [2.75, 3.05) is 7.11 Å². The Balaban J connectivity index is 1.52. The molecule has 5 aromatic rings. The number of benzene rings is 4. The average Bonchev–Trinajstić information content (AvgIpc) is 3.00. The first-order valence-corrected chi connectivity index (χ1v) is 12.8. The van der Waals surface area contributed by atoms with Crippen LogP contribution in [0.3, 0.4) is 0 Å². The first-order valence-electron chi connectivity index (χ1n) is 12.8. The number of hydrogen-bond acceptors (Lipinski definition) is 7. The molecule has 0 bridgehead atoms. The fourth-order valence-corrected chi connectivity index (χ4v) is 4.38. The molecular weight excluding hydrogens is 520 g/mol. The zero-order valence-corrected chi connectivity index (χ0v) is 22.3. The van der Waals surface area contributed by atoms with Crippen LogP contribution in [-0.2, 0) is 13.0 Å². The topological polar surface area (TPSA) is 109 Å². The second-order valence-corrected chi connectivity index (χ2v) is 9.10. The van der Waals surface area contributed by atoms with Crippen LogP contribution in [0.1, 0.15) is 16.7 Å².